The molecule has 1 fully saturated rings. The summed E-state index contributed by atoms with van der Waals surface area (Å²) in [5, 5.41) is 18.9. The van der Waals surface area contributed by atoms with E-state index < -0.39 is 0 Å². The van der Waals surface area contributed by atoms with Gasteiger partial charge in [0.2, 0.25) is 0 Å². The van der Waals surface area contributed by atoms with E-state index in [-0.39, 0.29) is 12.0 Å². The Kier molecular flexibility index (Phi) is 7.64. The Morgan fingerprint density at radius 1 is 1.35 bits per heavy atom. The molecule has 0 bridgehead atoms. The lowest BCUT2D eigenvalue weighted by Gasteiger charge is -2.38. The molecule has 0 spiro atoms. The molecule has 2 unspecified atom stereocenters. The van der Waals surface area contributed by atoms with Crippen LogP contribution in [0.1, 0.15) is 37.7 Å². The van der Waals surface area contributed by atoms with E-state index in [0.29, 0.717) is 21.9 Å². The smallest absolute Gasteiger partial charge is 0.0652 e. The van der Waals surface area contributed by atoms with Crippen LogP contribution in [0.15, 0.2) is 18.2 Å². The Balaban J connectivity index is 2.22. The fourth-order valence-corrected chi connectivity index (χ4v) is 4.08. The van der Waals surface area contributed by atoms with Crippen molar-refractivity contribution in [2.24, 2.45) is 11.8 Å². The number of piperidine rings is 1. The summed E-state index contributed by atoms with van der Waals surface area (Å²) in [6, 6.07) is 5.70. The van der Waals surface area contributed by atoms with E-state index in [1.165, 1.54) is 0 Å². The molecule has 2 rings (SSSR count). The van der Waals surface area contributed by atoms with Gasteiger partial charge in [0.05, 0.1) is 16.1 Å². The summed E-state index contributed by atoms with van der Waals surface area (Å²) in [6.45, 7) is 4.92. The largest absolute Gasteiger partial charge is 0.392 e. The fourth-order valence-electron chi connectivity index (χ4n) is 3.78. The first-order valence-electron chi connectivity index (χ1n) is 8.56. The van der Waals surface area contributed by atoms with Crippen molar-refractivity contribution in [2.45, 2.75) is 38.2 Å². The molecular weight excluding hydrogens is 331 g/mol. The highest BCUT2D eigenvalue weighted by atomic mass is 35.5. The highest BCUT2D eigenvalue weighted by molar-refractivity contribution is 6.42. The molecule has 5 heteroatoms. The molecular formula is C18H28Cl2N2O. The molecule has 0 aliphatic carbocycles. The van der Waals surface area contributed by atoms with Crippen LogP contribution in [0, 0.1) is 11.8 Å². The van der Waals surface area contributed by atoms with Crippen molar-refractivity contribution < 1.29 is 5.11 Å². The number of aliphatic hydroxyl groups is 1. The van der Waals surface area contributed by atoms with Crippen molar-refractivity contribution in [1.29, 1.82) is 0 Å². The van der Waals surface area contributed by atoms with Crippen LogP contribution < -0.4 is 10.6 Å². The number of likely N-dealkylation sites (N-methyl/N-ethyl adjacent to an activating group) is 1. The minimum atomic E-state index is -0.377. The highest BCUT2D eigenvalue weighted by Crippen LogP contribution is 2.35. The van der Waals surface area contributed by atoms with Crippen LogP contribution >= 0.6 is 23.2 Å². The van der Waals surface area contributed by atoms with Crippen LogP contribution in [0.5, 0.6) is 0 Å². The molecule has 1 aliphatic rings. The quantitative estimate of drug-likeness (QED) is 0.696. The average molecular weight is 359 g/mol. The van der Waals surface area contributed by atoms with Crippen LogP contribution in [-0.4, -0.2) is 37.9 Å². The predicted molar refractivity (Wildman–Crippen MR) is 98.5 cm³/mol. The van der Waals surface area contributed by atoms with Crippen molar-refractivity contribution >= 4 is 23.2 Å². The maximum Gasteiger partial charge on any atom is 0.0652 e. The van der Waals surface area contributed by atoms with Crippen LogP contribution in [0.2, 0.25) is 10.0 Å². The van der Waals surface area contributed by atoms with E-state index in [1.807, 2.05) is 25.2 Å². The minimum absolute atomic E-state index is 0.0252. The normalized spacial score (nSPS) is 24.4. The lowest BCUT2D eigenvalue weighted by Crippen LogP contribution is -2.45. The van der Waals surface area contributed by atoms with E-state index in [1.54, 1.807) is 0 Å². The maximum atomic E-state index is 11.1. The van der Waals surface area contributed by atoms with Gasteiger partial charge in [-0.15, -0.1) is 0 Å². The molecule has 0 radical (unpaired) electrons. The lowest BCUT2D eigenvalue weighted by atomic mass is 9.74. The summed E-state index contributed by atoms with van der Waals surface area (Å²) in [7, 11) is 1.92. The number of hydrogen-bond donors (Lipinski definition) is 3. The molecule has 23 heavy (non-hydrogen) atoms. The third-order valence-electron chi connectivity index (χ3n) is 4.97. The highest BCUT2D eigenvalue weighted by Gasteiger charge is 2.35. The zero-order chi connectivity index (χ0) is 16.8. The Morgan fingerprint density at radius 3 is 2.78 bits per heavy atom. The third-order valence-corrected chi connectivity index (χ3v) is 5.71. The molecule has 1 heterocycles. The number of nitrogens with one attached hydrogen (secondary N) is 2. The standard InChI is InChI=1S/C18H28Cl2N2O/c1-3-4-13-10-22-8-7-14(13)18(23)15(11-21-2)12-5-6-16(19)17(20)9-12/h5-6,9,13-15,18,21-23H,3-4,7-8,10-11H2,1-2H3/t13?,14?,15-,18-/m1/s1. The van der Waals surface area contributed by atoms with Gasteiger partial charge in [-0.3, -0.25) is 0 Å². The minimum Gasteiger partial charge on any atom is -0.392 e. The molecule has 130 valence electrons. The molecule has 3 N–H and O–H groups in total. The SMILES string of the molecule is CCCC1CNCCC1[C@@H](O)[C@H](CNC)c1ccc(Cl)c(Cl)c1. The summed E-state index contributed by atoms with van der Waals surface area (Å²) in [6.07, 6.45) is 2.95. The van der Waals surface area contributed by atoms with Crippen LogP contribution in [0.25, 0.3) is 0 Å². The Bertz CT molecular complexity index is 496. The molecule has 0 saturated carbocycles. The van der Waals surface area contributed by atoms with E-state index in [0.717, 1.165) is 44.5 Å². The second-order valence-electron chi connectivity index (χ2n) is 6.53. The second-order valence-corrected chi connectivity index (χ2v) is 7.35. The molecule has 4 atom stereocenters. The lowest BCUT2D eigenvalue weighted by molar-refractivity contribution is 0.0303. The van der Waals surface area contributed by atoms with Crippen LogP contribution in [0.3, 0.4) is 0 Å². The van der Waals surface area contributed by atoms with Gasteiger partial charge in [-0.2, -0.15) is 0 Å². The van der Waals surface area contributed by atoms with Crippen molar-refractivity contribution in [3.63, 3.8) is 0 Å². The van der Waals surface area contributed by atoms with Crippen molar-refractivity contribution in [3.8, 4) is 0 Å². The first-order chi connectivity index (χ1) is 11.1. The van der Waals surface area contributed by atoms with Gasteiger partial charge in [0.15, 0.2) is 0 Å². The number of halogens is 2. The molecule has 0 aromatic heterocycles. The van der Waals surface area contributed by atoms with E-state index in [2.05, 4.69) is 17.6 Å². The molecule has 1 aliphatic heterocycles. The molecule has 3 nitrogen and oxygen atoms in total. The van der Waals surface area contributed by atoms with Gasteiger partial charge in [0, 0.05) is 12.5 Å². The predicted octanol–water partition coefficient (Wildman–Crippen LogP) is 3.68. The van der Waals surface area contributed by atoms with Crippen molar-refractivity contribution in [1.82, 2.24) is 10.6 Å². The molecule has 1 saturated heterocycles. The van der Waals surface area contributed by atoms with E-state index in [4.69, 9.17) is 23.2 Å². The van der Waals surface area contributed by atoms with Gasteiger partial charge < -0.3 is 15.7 Å². The summed E-state index contributed by atoms with van der Waals surface area (Å²) < 4.78 is 0. The van der Waals surface area contributed by atoms with Gasteiger partial charge in [-0.1, -0.05) is 42.6 Å². The van der Waals surface area contributed by atoms with Gasteiger partial charge in [0.25, 0.3) is 0 Å². The molecule has 0 amide bonds. The fraction of sp³-hybridized carbons (Fsp3) is 0.667. The van der Waals surface area contributed by atoms with Gasteiger partial charge in [-0.25, -0.2) is 0 Å². The third kappa shape index (κ3) is 4.83. The summed E-state index contributed by atoms with van der Waals surface area (Å²) in [5.74, 6) is 0.882. The van der Waals surface area contributed by atoms with Crippen LogP contribution in [0.4, 0.5) is 0 Å². The zero-order valence-corrected chi connectivity index (χ0v) is 15.5. The van der Waals surface area contributed by atoms with E-state index in [9.17, 15) is 5.11 Å². The summed E-state index contributed by atoms with van der Waals surface area (Å²) in [4.78, 5) is 0. The topological polar surface area (TPSA) is 44.3 Å². The number of aliphatic hydroxyl groups excluding tert-OH is 1. The van der Waals surface area contributed by atoms with E-state index >= 15 is 0 Å². The Hall–Kier alpha value is -0.320. The maximum absolute atomic E-state index is 11.1. The van der Waals surface area contributed by atoms with Gasteiger partial charge in [-0.05, 0) is 62.5 Å². The Morgan fingerprint density at radius 2 is 2.13 bits per heavy atom. The molecule has 1 aromatic carbocycles. The second kappa shape index (κ2) is 9.24. The van der Waals surface area contributed by atoms with Crippen molar-refractivity contribution in [3.05, 3.63) is 33.8 Å². The van der Waals surface area contributed by atoms with Gasteiger partial charge >= 0.3 is 0 Å². The first kappa shape index (κ1) is 19.0. The monoisotopic (exact) mass is 358 g/mol. The number of benzene rings is 1. The first-order valence-corrected chi connectivity index (χ1v) is 9.32. The number of hydrogen-bond acceptors (Lipinski definition) is 3. The van der Waals surface area contributed by atoms with Gasteiger partial charge in [0.1, 0.15) is 0 Å². The summed E-state index contributed by atoms with van der Waals surface area (Å²) >= 11 is 12.2. The van der Waals surface area contributed by atoms with Crippen molar-refractivity contribution in [2.75, 3.05) is 26.7 Å². The van der Waals surface area contributed by atoms with Crippen LogP contribution in [-0.2, 0) is 0 Å². The zero-order valence-electron chi connectivity index (χ0n) is 14.0. The molecule has 1 aromatic rings. The average Bonchev–Trinajstić information content (AvgIpc) is 2.55. The Labute approximate surface area is 149 Å². The summed E-state index contributed by atoms with van der Waals surface area (Å²) in [5.41, 5.74) is 1.05. The number of rotatable bonds is 7.